The largest absolute Gasteiger partial charge is 0.481 e. The number of carboxylic acid groups (broad SMARTS) is 1. The number of rotatable bonds is 4. The summed E-state index contributed by atoms with van der Waals surface area (Å²) in [5, 5.41) is 9.42. The molecule has 2 aromatic rings. The van der Waals surface area contributed by atoms with Crippen molar-refractivity contribution in [2.45, 2.75) is 27.2 Å². The number of ether oxygens (including phenoxy) is 1. The van der Waals surface area contributed by atoms with Crippen molar-refractivity contribution in [3.8, 4) is 11.5 Å². The molecule has 6 nitrogen and oxygen atoms in total. The fourth-order valence-electron chi connectivity index (χ4n) is 4.02. The Kier molecular flexibility index (Phi) is 5.90. The Hall–Kier alpha value is -3.00. The molecule has 0 bridgehead atoms. The van der Waals surface area contributed by atoms with Crippen LogP contribution in [0.3, 0.4) is 0 Å². The maximum absolute atomic E-state index is 13.3. The van der Waals surface area contributed by atoms with Crippen LogP contribution in [-0.4, -0.2) is 59.4 Å². The molecule has 0 atom stereocenters. The summed E-state index contributed by atoms with van der Waals surface area (Å²) in [6.07, 6.45) is -2.59. The van der Waals surface area contributed by atoms with Crippen LogP contribution < -0.4 is 4.74 Å². The number of hydrogen-bond acceptors (Lipinski definition) is 5. The Morgan fingerprint density at radius 2 is 1.84 bits per heavy atom. The minimum atomic E-state index is -2.59. The summed E-state index contributed by atoms with van der Waals surface area (Å²) in [4.78, 5) is 20.6. The van der Waals surface area contributed by atoms with Crippen LogP contribution in [0.5, 0.6) is 11.5 Å². The van der Waals surface area contributed by atoms with E-state index in [2.05, 4.69) is 9.80 Å². The second kappa shape index (κ2) is 8.50. The lowest BCUT2D eigenvalue weighted by Crippen LogP contribution is -2.52. The SMILES string of the molecule is Cc1ccc2c(c1)Oc1cc(C(F)F)ccc1C(N1CCN(CC(C)(C)C(=O)O)CC1)=N2. The number of benzene rings is 2. The summed E-state index contributed by atoms with van der Waals surface area (Å²) in [7, 11) is 0. The highest BCUT2D eigenvalue weighted by Crippen LogP contribution is 2.40. The molecule has 0 unspecified atom stereocenters. The smallest absolute Gasteiger partial charge is 0.310 e. The minimum Gasteiger partial charge on any atom is -0.481 e. The number of hydrogen-bond donors (Lipinski definition) is 1. The number of piperazine rings is 1. The quantitative estimate of drug-likeness (QED) is 0.732. The van der Waals surface area contributed by atoms with Gasteiger partial charge in [-0.15, -0.1) is 0 Å². The molecule has 0 spiro atoms. The lowest BCUT2D eigenvalue weighted by Gasteiger charge is -2.39. The number of alkyl halides is 2. The first-order valence-electron chi connectivity index (χ1n) is 10.6. The average Bonchev–Trinajstić information content (AvgIpc) is 2.89. The zero-order valence-electron chi connectivity index (χ0n) is 18.4. The summed E-state index contributed by atoms with van der Waals surface area (Å²) in [5.74, 6) is 0.760. The van der Waals surface area contributed by atoms with Gasteiger partial charge in [0.15, 0.2) is 5.75 Å². The van der Waals surface area contributed by atoms with Crippen LogP contribution in [0.4, 0.5) is 14.5 Å². The molecule has 170 valence electrons. The molecule has 0 amide bonds. The lowest BCUT2D eigenvalue weighted by atomic mass is 9.93. The van der Waals surface area contributed by atoms with Gasteiger partial charge in [0.2, 0.25) is 0 Å². The number of aryl methyl sites for hydroxylation is 1. The number of nitrogens with zero attached hydrogens (tertiary/aromatic N) is 3. The van der Waals surface area contributed by atoms with E-state index in [-0.39, 0.29) is 5.56 Å². The Morgan fingerprint density at radius 3 is 2.50 bits per heavy atom. The van der Waals surface area contributed by atoms with E-state index in [1.165, 1.54) is 12.1 Å². The molecule has 0 saturated carbocycles. The van der Waals surface area contributed by atoms with Crippen molar-refractivity contribution >= 4 is 17.5 Å². The van der Waals surface area contributed by atoms with Crippen molar-refractivity contribution in [1.29, 1.82) is 0 Å². The van der Waals surface area contributed by atoms with E-state index in [4.69, 9.17) is 9.73 Å². The number of aliphatic carboxylic acids is 1. The van der Waals surface area contributed by atoms with E-state index in [0.717, 1.165) is 5.56 Å². The van der Waals surface area contributed by atoms with Crippen molar-refractivity contribution in [3.05, 3.63) is 53.1 Å². The van der Waals surface area contributed by atoms with E-state index in [9.17, 15) is 18.7 Å². The summed E-state index contributed by atoms with van der Waals surface area (Å²) in [6, 6.07) is 10.1. The zero-order chi connectivity index (χ0) is 23.0. The van der Waals surface area contributed by atoms with Crippen LogP contribution in [0.15, 0.2) is 41.4 Å². The van der Waals surface area contributed by atoms with Crippen LogP contribution in [0.1, 0.15) is 37.0 Å². The fraction of sp³-hybridized carbons (Fsp3) is 0.417. The molecule has 8 heteroatoms. The van der Waals surface area contributed by atoms with Gasteiger partial charge >= 0.3 is 5.97 Å². The highest BCUT2D eigenvalue weighted by molar-refractivity contribution is 6.04. The molecule has 2 aromatic carbocycles. The van der Waals surface area contributed by atoms with Crippen molar-refractivity contribution in [2.75, 3.05) is 32.7 Å². The maximum Gasteiger partial charge on any atom is 0.310 e. The third-order valence-corrected chi connectivity index (χ3v) is 5.93. The van der Waals surface area contributed by atoms with Gasteiger partial charge in [-0.1, -0.05) is 12.1 Å². The highest BCUT2D eigenvalue weighted by atomic mass is 19.3. The Labute approximate surface area is 186 Å². The van der Waals surface area contributed by atoms with Gasteiger partial charge in [-0.25, -0.2) is 13.8 Å². The summed E-state index contributed by atoms with van der Waals surface area (Å²) in [6.45, 7) is 8.51. The number of carbonyl (C=O) groups is 1. The van der Waals surface area contributed by atoms with Gasteiger partial charge in [-0.2, -0.15) is 0 Å². The van der Waals surface area contributed by atoms with E-state index in [0.29, 0.717) is 61.3 Å². The zero-order valence-corrected chi connectivity index (χ0v) is 18.4. The van der Waals surface area contributed by atoms with Crippen LogP contribution in [0.2, 0.25) is 0 Å². The van der Waals surface area contributed by atoms with Gasteiger partial charge in [0.05, 0.1) is 11.0 Å². The second-order valence-electron chi connectivity index (χ2n) is 9.02. The molecule has 2 aliphatic rings. The molecule has 1 saturated heterocycles. The molecule has 2 aliphatic heterocycles. The summed E-state index contributed by atoms with van der Waals surface area (Å²) >= 11 is 0. The van der Waals surface area contributed by atoms with Crippen molar-refractivity contribution in [1.82, 2.24) is 9.80 Å². The fourth-order valence-corrected chi connectivity index (χ4v) is 4.02. The predicted molar refractivity (Wildman–Crippen MR) is 118 cm³/mol. The van der Waals surface area contributed by atoms with Crippen LogP contribution in [0, 0.1) is 12.3 Å². The van der Waals surface area contributed by atoms with E-state index >= 15 is 0 Å². The van der Waals surface area contributed by atoms with Gasteiger partial charge in [0, 0.05) is 38.3 Å². The standard InChI is InChI=1S/C24H27F2N3O3/c1-15-4-7-18-20(12-15)32-19-13-16(21(25)26)5-6-17(19)22(27-18)29-10-8-28(9-11-29)14-24(2,3)23(30)31/h4-7,12-13,21H,8-11,14H2,1-3H3,(H,30,31). The van der Waals surface area contributed by atoms with E-state index in [1.807, 2.05) is 25.1 Å². The number of carboxylic acids is 1. The summed E-state index contributed by atoms with van der Waals surface area (Å²) in [5.41, 5.74) is 1.38. The van der Waals surface area contributed by atoms with E-state index in [1.54, 1.807) is 19.9 Å². The molecule has 0 aromatic heterocycles. The third kappa shape index (κ3) is 4.46. The maximum atomic E-state index is 13.3. The first-order chi connectivity index (χ1) is 15.1. The van der Waals surface area contributed by atoms with Crippen LogP contribution in [0.25, 0.3) is 0 Å². The van der Waals surface area contributed by atoms with Gasteiger partial charge < -0.3 is 14.7 Å². The Morgan fingerprint density at radius 1 is 1.12 bits per heavy atom. The average molecular weight is 443 g/mol. The van der Waals surface area contributed by atoms with Crippen molar-refractivity contribution < 1.29 is 23.4 Å². The van der Waals surface area contributed by atoms with Gasteiger partial charge in [-0.05, 0) is 50.6 Å². The van der Waals surface area contributed by atoms with Gasteiger partial charge in [0.1, 0.15) is 17.3 Å². The molecule has 32 heavy (non-hydrogen) atoms. The van der Waals surface area contributed by atoms with E-state index < -0.39 is 17.8 Å². The normalized spacial score (nSPS) is 16.7. The van der Waals surface area contributed by atoms with Crippen LogP contribution >= 0.6 is 0 Å². The first kappa shape index (κ1) is 22.2. The van der Waals surface area contributed by atoms with Crippen molar-refractivity contribution in [3.63, 3.8) is 0 Å². The molecule has 1 fully saturated rings. The van der Waals surface area contributed by atoms with Gasteiger partial charge in [0.25, 0.3) is 6.43 Å². The minimum absolute atomic E-state index is 0.0973. The Balaban J connectivity index is 1.64. The third-order valence-electron chi connectivity index (χ3n) is 5.93. The topological polar surface area (TPSA) is 65.4 Å². The molecule has 4 rings (SSSR count). The first-order valence-corrected chi connectivity index (χ1v) is 10.6. The summed E-state index contributed by atoms with van der Waals surface area (Å²) < 4.78 is 32.7. The Bertz CT molecular complexity index is 1060. The molecule has 0 aliphatic carbocycles. The van der Waals surface area contributed by atoms with Crippen LogP contribution in [-0.2, 0) is 4.79 Å². The highest BCUT2D eigenvalue weighted by Gasteiger charge is 2.32. The molecule has 2 heterocycles. The molecule has 0 radical (unpaired) electrons. The predicted octanol–water partition coefficient (Wildman–Crippen LogP) is 4.85. The number of aliphatic imine (C=N–C) groups is 1. The molecular weight excluding hydrogens is 416 g/mol. The van der Waals surface area contributed by atoms with Gasteiger partial charge in [-0.3, -0.25) is 9.69 Å². The molecule has 1 N–H and O–H groups in total. The second-order valence-corrected chi connectivity index (χ2v) is 9.02. The monoisotopic (exact) mass is 443 g/mol. The lowest BCUT2D eigenvalue weighted by molar-refractivity contribution is -0.148. The number of amidine groups is 1. The number of halogens is 2. The molecular formula is C24H27F2N3O3. The van der Waals surface area contributed by atoms with Crippen molar-refractivity contribution in [2.24, 2.45) is 10.4 Å². The number of fused-ring (bicyclic) bond motifs is 2.